The Balaban J connectivity index is 1.85. The molecule has 0 radical (unpaired) electrons. The SMILES string of the molecule is Cc1cccc(N(CC(=O)N(Cc2ccccc2F)C(Cc2ccccc2)C(=O)NC(C)(C)C)S(=O)(=O)c2ccccc2)c1C. The molecule has 4 rings (SSSR count). The van der Waals surface area contributed by atoms with Crippen molar-refractivity contribution in [2.24, 2.45) is 0 Å². The summed E-state index contributed by atoms with van der Waals surface area (Å²) in [7, 11) is -4.23. The van der Waals surface area contributed by atoms with Crippen LogP contribution in [-0.4, -0.2) is 43.3 Å². The first-order valence-electron chi connectivity index (χ1n) is 14.8. The molecule has 7 nitrogen and oxygen atoms in total. The number of aryl methyl sites for hydroxylation is 1. The van der Waals surface area contributed by atoms with E-state index >= 15 is 4.39 Å². The van der Waals surface area contributed by atoms with Crippen LogP contribution in [0.15, 0.2) is 108 Å². The average molecular weight is 630 g/mol. The highest BCUT2D eigenvalue weighted by molar-refractivity contribution is 7.92. The Morgan fingerprint density at radius 1 is 0.822 bits per heavy atom. The summed E-state index contributed by atoms with van der Waals surface area (Å²) >= 11 is 0. The molecule has 2 amide bonds. The third-order valence-electron chi connectivity index (χ3n) is 7.52. The lowest BCUT2D eigenvalue weighted by Gasteiger charge is -2.35. The topological polar surface area (TPSA) is 86.8 Å². The number of nitrogens with one attached hydrogen (secondary N) is 1. The molecule has 0 heterocycles. The normalized spacial score (nSPS) is 12.3. The van der Waals surface area contributed by atoms with Gasteiger partial charge in [0.2, 0.25) is 11.8 Å². The summed E-state index contributed by atoms with van der Waals surface area (Å²) in [4.78, 5) is 29.8. The first-order chi connectivity index (χ1) is 21.3. The van der Waals surface area contributed by atoms with Crippen LogP contribution in [0.2, 0.25) is 0 Å². The van der Waals surface area contributed by atoms with Crippen molar-refractivity contribution in [3.63, 3.8) is 0 Å². The third-order valence-corrected chi connectivity index (χ3v) is 9.30. The van der Waals surface area contributed by atoms with Gasteiger partial charge in [-0.1, -0.05) is 78.9 Å². The predicted molar refractivity (Wildman–Crippen MR) is 176 cm³/mol. The van der Waals surface area contributed by atoms with Gasteiger partial charge in [0, 0.05) is 24.1 Å². The average Bonchev–Trinajstić information content (AvgIpc) is 3.00. The van der Waals surface area contributed by atoms with Gasteiger partial charge in [0.25, 0.3) is 10.0 Å². The quantitative estimate of drug-likeness (QED) is 0.214. The Morgan fingerprint density at radius 3 is 2.04 bits per heavy atom. The Kier molecular flexibility index (Phi) is 10.4. The van der Waals surface area contributed by atoms with Crippen molar-refractivity contribution in [2.45, 2.75) is 64.1 Å². The Morgan fingerprint density at radius 2 is 1.42 bits per heavy atom. The van der Waals surface area contributed by atoms with Crippen LogP contribution in [0.4, 0.5) is 10.1 Å². The van der Waals surface area contributed by atoms with Crippen LogP contribution in [0.25, 0.3) is 0 Å². The van der Waals surface area contributed by atoms with Crippen LogP contribution < -0.4 is 9.62 Å². The van der Waals surface area contributed by atoms with E-state index in [1.165, 1.54) is 23.1 Å². The molecule has 0 aliphatic heterocycles. The number of benzene rings is 4. The zero-order valence-corrected chi connectivity index (χ0v) is 27.1. The fraction of sp³-hybridized carbons (Fsp3) is 0.278. The number of anilines is 1. The van der Waals surface area contributed by atoms with Gasteiger partial charge in [0.1, 0.15) is 18.4 Å². The molecule has 0 aromatic heterocycles. The highest BCUT2D eigenvalue weighted by Crippen LogP contribution is 2.29. The van der Waals surface area contributed by atoms with Crippen LogP contribution in [-0.2, 0) is 32.6 Å². The molecule has 0 aliphatic carbocycles. The largest absolute Gasteiger partial charge is 0.350 e. The van der Waals surface area contributed by atoms with Crippen molar-refractivity contribution in [1.82, 2.24) is 10.2 Å². The second kappa shape index (κ2) is 14.1. The molecule has 1 N–H and O–H groups in total. The molecule has 0 bridgehead atoms. The number of amides is 2. The van der Waals surface area contributed by atoms with E-state index in [1.807, 2.05) is 64.1 Å². The summed E-state index contributed by atoms with van der Waals surface area (Å²) in [6.07, 6.45) is 0.137. The lowest BCUT2D eigenvalue weighted by molar-refractivity contribution is -0.140. The van der Waals surface area contributed by atoms with E-state index in [1.54, 1.807) is 55.5 Å². The van der Waals surface area contributed by atoms with Crippen molar-refractivity contribution >= 4 is 27.5 Å². The van der Waals surface area contributed by atoms with E-state index < -0.39 is 45.8 Å². The van der Waals surface area contributed by atoms with Gasteiger partial charge in [-0.15, -0.1) is 0 Å². The van der Waals surface area contributed by atoms with Crippen molar-refractivity contribution < 1.29 is 22.4 Å². The number of halogens is 1. The second-order valence-corrected chi connectivity index (χ2v) is 14.0. The van der Waals surface area contributed by atoms with Gasteiger partial charge in [0.05, 0.1) is 10.6 Å². The Labute approximate surface area is 265 Å². The number of nitrogens with zero attached hydrogens (tertiary/aromatic N) is 2. The fourth-order valence-electron chi connectivity index (χ4n) is 5.06. The van der Waals surface area contributed by atoms with Gasteiger partial charge in [-0.05, 0) is 75.6 Å². The van der Waals surface area contributed by atoms with Crippen LogP contribution >= 0.6 is 0 Å². The number of carbonyl (C=O) groups is 2. The molecular formula is C36H40FN3O4S. The third kappa shape index (κ3) is 8.36. The summed E-state index contributed by atoms with van der Waals surface area (Å²) in [5.41, 5.74) is 2.26. The Bertz CT molecular complexity index is 1740. The maximum atomic E-state index is 15.1. The molecule has 0 saturated carbocycles. The van der Waals surface area contributed by atoms with Gasteiger partial charge < -0.3 is 10.2 Å². The van der Waals surface area contributed by atoms with Crippen LogP contribution in [0, 0.1) is 19.7 Å². The Hall–Kier alpha value is -4.50. The van der Waals surface area contributed by atoms with Crippen LogP contribution in [0.5, 0.6) is 0 Å². The molecule has 0 saturated heterocycles. The second-order valence-electron chi connectivity index (χ2n) is 12.1. The van der Waals surface area contributed by atoms with Gasteiger partial charge in [-0.2, -0.15) is 0 Å². The molecule has 4 aromatic rings. The molecule has 45 heavy (non-hydrogen) atoms. The molecule has 236 valence electrons. The smallest absolute Gasteiger partial charge is 0.264 e. The number of hydrogen-bond acceptors (Lipinski definition) is 4. The van der Waals surface area contributed by atoms with E-state index in [0.29, 0.717) is 11.3 Å². The molecule has 4 aromatic carbocycles. The first-order valence-corrected chi connectivity index (χ1v) is 16.2. The van der Waals surface area contributed by atoms with Gasteiger partial charge in [0.15, 0.2) is 0 Å². The van der Waals surface area contributed by atoms with Crippen molar-refractivity contribution in [3.05, 3.63) is 131 Å². The maximum Gasteiger partial charge on any atom is 0.264 e. The van der Waals surface area contributed by atoms with E-state index in [-0.39, 0.29) is 23.4 Å². The molecule has 0 aliphatic rings. The van der Waals surface area contributed by atoms with Gasteiger partial charge in [-0.3, -0.25) is 13.9 Å². The van der Waals surface area contributed by atoms with Gasteiger partial charge in [-0.25, -0.2) is 12.8 Å². The summed E-state index contributed by atoms with van der Waals surface area (Å²) < 4.78 is 44.5. The van der Waals surface area contributed by atoms with Crippen molar-refractivity contribution in [1.29, 1.82) is 0 Å². The fourth-order valence-corrected chi connectivity index (χ4v) is 6.55. The monoisotopic (exact) mass is 629 g/mol. The highest BCUT2D eigenvalue weighted by atomic mass is 32.2. The first kappa shape index (κ1) is 33.4. The molecule has 1 unspecified atom stereocenters. The number of hydrogen-bond donors (Lipinski definition) is 1. The minimum atomic E-state index is -4.23. The molecule has 0 fully saturated rings. The minimum Gasteiger partial charge on any atom is -0.350 e. The summed E-state index contributed by atoms with van der Waals surface area (Å²) in [6.45, 7) is 8.32. The maximum absolute atomic E-state index is 15.1. The zero-order chi connectivity index (χ0) is 32.8. The molecular weight excluding hydrogens is 589 g/mol. The van der Waals surface area contributed by atoms with Crippen molar-refractivity contribution in [3.8, 4) is 0 Å². The number of sulfonamides is 1. The van der Waals surface area contributed by atoms with Gasteiger partial charge >= 0.3 is 0 Å². The zero-order valence-electron chi connectivity index (χ0n) is 26.3. The summed E-state index contributed by atoms with van der Waals surface area (Å²) in [6, 6.07) is 27.4. The molecule has 0 spiro atoms. The number of carbonyl (C=O) groups excluding carboxylic acids is 2. The standard InChI is InChI=1S/C36H40FN3O4S/c1-26-15-14-22-32(27(26)2)40(45(43,44)30-19-10-7-11-20-30)25-34(41)39(24-29-18-12-13-21-31(29)37)33(35(42)38-36(3,4)5)23-28-16-8-6-9-17-28/h6-22,33H,23-25H2,1-5H3,(H,38,42). The van der Waals surface area contributed by atoms with E-state index in [9.17, 15) is 18.0 Å². The lowest BCUT2D eigenvalue weighted by atomic mass is 10.0. The summed E-state index contributed by atoms with van der Waals surface area (Å²) in [5.74, 6) is -1.61. The van der Waals surface area contributed by atoms with Crippen LogP contribution in [0.1, 0.15) is 43.0 Å². The lowest BCUT2D eigenvalue weighted by Crippen LogP contribution is -2.56. The van der Waals surface area contributed by atoms with E-state index in [0.717, 1.165) is 15.4 Å². The molecule has 9 heteroatoms. The predicted octanol–water partition coefficient (Wildman–Crippen LogP) is 6.19. The minimum absolute atomic E-state index is 0.0191. The highest BCUT2D eigenvalue weighted by Gasteiger charge is 2.36. The van der Waals surface area contributed by atoms with Crippen molar-refractivity contribution in [2.75, 3.05) is 10.8 Å². The van der Waals surface area contributed by atoms with Crippen LogP contribution in [0.3, 0.4) is 0 Å². The van der Waals surface area contributed by atoms with E-state index in [4.69, 9.17) is 0 Å². The number of rotatable bonds is 11. The molecule has 1 atom stereocenters. The summed E-state index contributed by atoms with van der Waals surface area (Å²) in [5, 5.41) is 2.97. The van der Waals surface area contributed by atoms with E-state index in [2.05, 4.69) is 5.32 Å².